The molecule has 0 unspecified atom stereocenters. The van der Waals surface area contributed by atoms with Crippen LogP contribution in [0.5, 0.6) is 0 Å². The first kappa shape index (κ1) is 18.8. The number of carbonyl (C=O) groups is 1. The number of rotatable bonds is 3. The Morgan fingerprint density at radius 1 is 1.00 bits per heavy atom. The second-order valence-corrected chi connectivity index (χ2v) is 7.74. The van der Waals surface area contributed by atoms with Crippen molar-refractivity contribution in [1.29, 1.82) is 0 Å². The van der Waals surface area contributed by atoms with Crippen LogP contribution in [-0.2, 0) is 12.5 Å². The quantitative estimate of drug-likeness (QED) is 0.769. The summed E-state index contributed by atoms with van der Waals surface area (Å²) in [7, 11) is 1.77. The van der Waals surface area contributed by atoms with Crippen molar-refractivity contribution in [3.63, 3.8) is 0 Å². The Balaban J connectivity index is 1.95. The highest BCUT2D eigenvalue weighted by Gasteiger charge is 2.22. The number of nitrogens with one attached hydrogen (secondary N) is 1. The number of nitrogens with zero attached hydrogens (tertiary/aromatic N) is 6. The molecule has 0 aliphatic carbocycles. The van der Waals surface area contributed by atoms with E-state index in [9.17, 15) is 4.79 Å². The summed E-state index contributed by atoms with van der Waals surface area (Å²) in [4.78, 5) is 21.6. The summed E-state index contributed by atoms with van der Waals surface area (Å²) in [5.74, 6) is 1.57. The second kappa shape index (κ2) is 6.61. The molecule has 3 aromatic rings. The monoisotopic (exact) mass is 367 g/mol. The van der Waals surface area contributed by atoms with Crippen LogP contribution in [0.1, 0.15) is 54.2 Å². The van der Waals surface area contributed by atoms with Gasteiger partial charge < -0.3 is 5.32 Å². The van der Waals surface area contributed by atoms with Crippen molar-refractivity contribution < 1.29 is 4.79 Å². The molecule has 0 aliphatic heterocycles. The normalized spacial score (nSPS) is 11.7. The maximum atomic E-state index is 12.9. The molecule has 0 fully saturated rings. The molecule has 0 saturated carbocycles. The maximum absolute atomic E-state index is 12.9. The van der Waals surface area contributed by atoms with Crippen LogP contribution in [-0.4, -0.2) is 35.4 Å². The van der Waals surface area contributed by atoms with E-state index >= 15 is 0 Å². The molecule has 1 N–H and O–H groups in total. The Kier molecular flexibility index (Phi) is 4.59. The third-order valence-electron chi connectivity index (χ3n) is 4.12. The van der Waals surface area contributed by atoms with Crippen LogP contribution < -0.4 is 5.32 Å². The Morgan fingerprint density at radius 3 is 2.30 bits per heavy atom. The molecule has 0 aromatic carbocycles. The fourth-order valence-electron chi connectivity index (χ4n) is 2.80. The molecule has 0 aliphatic rings. The van der Waals surface area contributed by atoms with E-state index in [1.54, 1.807) is 16.4 Å². The fourth-order valence-corrected chi connectivity index (χ4v) is 2.80. The molecule has 3 heterocycles. The minimum atomic E-state index is -0.246. The van der Waals surface area contributed by atoms with E-state index in [4.69, 9.17) is 0 Å². The lowest BCUT2D eigenvalue weighted by molar-refractivity contribution is 0.101. The van der Waals surface area contributed by atoms with Crippen LogP contribution in [0.4, 0.5) is 5.82 Å². The topological polar surface area (TPSA) is 90.5 Å². The van der Waals surface area contributed by atoms with Gasteiger partial charge in [0.1, 0.15) is 17.3 Å². The van der Waals surface area contributed by atoms with E-state index in [0.29, 0.717) is 23.2 Å². The van der Waals surface area contributed by atoms with Gasteiger partial charge in [0.05, 0.1) is 11.4 Å². The zero-order valence-corrected chi connectivity index (χ0v) is 16.8. The van der Waals surface area contributed by atoms with Gasteiger partial charge in [0.15, 0.2) is 5.82 Å². The van der Waals surface area contributed by atoms with Crippen LogP contribution in [0.3, 0.4) is 0 Å². The summed E-state index contributed by atoms with van der Waals surface area (Å²) >= 11 is 0. The van der Waals surface area contributed by atoms with Gasteiger partial charge in [0.2, 0.25) is 0 Å². The summed E-state index contributed by atoms with van der Waals surface area (Å²) in [5.41, 5.74) is 2.83. The molecule has 0 bridgehead atoms. The smallest absolute Gasteiger partial charge is 0.275 e. The molecule has 142 valence electrons. The molecular weight excluding hydrogens is 342 g/mol. The first-order valence-electron chi connectivity index (χ1n) is 8.80. The third-order valence-corrected chi connectivity index (χ3v) is 4.12. The minimum Gasteiger partial charge on any atom is -0.305 e. The van der Waals surface area contributed by atoms with Crippen molar-refractivity contribution in [2.45, 2.75) is 47.0 Å². The summed E-state index contributed by atoms with van der Waals surface area (Å²) < 4.78 is 3.22. The zero-order valence-electron chi connectivity index (χ0n) is 16.8. The largest absolute Gasteiger partial charge is 0.305 e. The van der Waals surface area contributed by atoms with E-state index in [-0.39, 0.29) is 11.3 Å². The Labute approximate surface area is 158 Å². The SMILES string of the molecule is Cc1cc(-n2nc(C)cc2NC(=O)c2cc(C(C)(C)C)nn2C)nc(C)n1. The Bertz CT molecular complexity index is 987. The van der Waals surface area contributed by atoms with Crippen molar-refractivity contribution in [3.8, 4) is 5.82 Å². The van der Waals surface area contributed by atoms with Crippen molar-refractivity contribution in [1.82, 2.24) is 29.5 Å². The first-order chi connectivity index (χ1) is 12.5. The number of anilines is 1. The number of hydrogen-bond acceptors (Lipinski definition) is 5. The molecule has 8 nitrogen and oxygen atoms in total. The van der Waals surface area contributed by atoms with Gasteiger partial charge in [0, 0.05) is 30.3 Å². The highest BCUT2D eigenvalue weighted by Crippen LogP contribution is 2.22. The van der Waals surface area contributed by atoms with Gasteiger partial charge in [0.25, 0.3) is 5.91 Å². The highest BCUT2D eigenvalue weighted by atomic mass is 16.2. The minimum absolute atomic E-state index is 0.134. The van der Waals surface area contributed by atoms with Gasteiger partial charge in [-0.2, -0.15) is 14.9 Å². The fraction of sp³-hybridized carbons (Fsp3) is 0.421. The number of aryl methyl sites for hydroxylation is 4. The molecule has 0 radical (unpaired) electrons. The van der Waals surface area contributed by atoms with Gasteiger partial charge in [-0.3, -0.25) is 9.48 Å². The van der Waals surface area contributed by atoms with Crippen LogP contribution in [0, 0.1) is 20.8 Å². The lowest BCUT2D eigenvalue weighted by Crippen LogP contribution is -2.18. The molecule has 3 rings (SSSR count). The van der Waals surface area contributed by atoms with Gasteiger partial charge in [-0.1, -0.05) is 20.8 Å². The molecule has 0 saturated heterocycles. The number of carbonyl (C=O) groups excluding carboxylic acids is 1. The second-order valence-electron chi connectivity index (χ2n) is 7.74. The average molecular weight is 367 g/mol. The average Bonchev–Trinajstić information content (AvgIpc) is 3.09. The van der Waals surface area contributed by atoms with Crippen LogP contribution in [0.2, 0.25) is 0 Å². The van der Waals surface area contributed by atoms with E-state index in [2.05, 4.69) is 46.3 Å². The number of amides is 1. The lowest BCUT2D eigenvalue weighted by Gasteiger charge is -2.13. The number of hydrogen-bond donors (Lipinski definition) is 1. The standard InChI is InChI=1S/C19H25N7O/c1-11-8-16(21-13(3)20-11)26-17(9-12(2)23-26)22-18(27)14-10-15(19(4,5)6)24-25(14)7/h8-10H,1-7H3,(H,22,27). The van der Waals surface area contributed by atoms with Crippen molar-refractivity contribution >= 4 is 11.7 Å². The number of aromatic nitrogens is 6. The first-order valence-corrected chi connectivity index (χ1v) is 8.80. The van der Waals surface area contributed by atoms with Gasteiger partial charge in [-0.05, 0) is 26.8 Å². The summed E-state index contributed by atoms with van der Waals surface area (Å²) in [6, 6.07) is 5.46. The summed E-state index contributed by atoms with van der Waals surface area (Å²) in [6.45, 7) is 11.8. The summed E-state index contributed by atoms with van der Waals surface area (Å²) in [5, 5.41) is 11.9. The van der Waals surface area contributed by atoms with Crippen LogP contribution >= 0.6 is 0 Å². The lowest BCUT2D eigenvalue weighted by atomic mass is 9.92. The summed E-state index contributed by atoms with van der Waals surface area (Å²) in [6.07, 6.45) is 0. The molecule has 3 aromatic heterocycles. The van der Waals surface area contributed by atoms with Gasteiger partial charge >= 0.3 is 0 Å². The van der Waals surface area contributed by atoms with E-state index in [1.807, 2.05) is 39.0 Å². The molecule has 0 atom stereocenters. The van der Waals surface area contributed by atoms with Gasteiger partial charge in [-0.25, -0.2) is 9.97 Å². The molecule has 8 heteroatoms. The predicted octanol–water partition coefficient (Wildman–Crippen LogP) is 2.87. The Morgan fingerprint density at radius 2 is 1.70 bits per heavy atom. The third kappa shape index (κ3) is 3.89. The van der Waals surface area contributed by atoms with Crippen LogP contribution in [0.15, 0.2) is 18.2 Å². The molecule has 27 heavy (non-hydrogen) atoms. The van der Waals surface area contributed by atoms with E-state index in [0.717, 1.165) is 17.1 Å². The van der Waals surface area contributed by atoms with E-state index < -0.39 is 0 Å². The molecule has 1 amide bonds. The van der Waals surface area contributed by atoms with Crippen molar-refractivity contribution in [2.75, 3.05) is 5.32 Å². The van der Waals surface area contributed by atoms with Crippen molar-refractivity contribution in [3.05, 3.63) is 46.8 Å². The zero-order chi connectivity index (χ0) is 19.9. The van der Waals surface area contributed by atoms with Crippen LogP contribution in [0.25, 0.3) is 5.82 Å². The Hall–Kier alpha value is -3.03. The van der Waals surface area contributed by atoms with Gasteiger partial charge in [-0.15, -0.1) is 0 Å². The maximum Gasteiger partial charge on any atom is 0.275 e. The van der Waals surface area contributed by atoms with Crippen molar-refractivity contribution in [2.24, 2.45) is 7.05 Å². The van der Waals surface area contributed by atoms with E-state index in [1.165, 1.54) is 0 Å². The molecular formula is C19H25N7O. The highest BCUT2D eigenvalue weighted by molar-refractivity contribution is 6.02. The molecule has 0 spiro atoms. The predicted molar refractivity (Wildman–Crippen MR) is 103 cm³/mol.